The van der Waals surface area contributed by atoms with E-state index in [1.54, 1.807) is 11.0 Å². The summed E-state index contributed by atoms with van der Waals surface area (Å²) in [4.78, 5) is 31.2. The van der Waals surface area contributed by atoms with E-state index in [-0.39, 0.29) is 37.3 Å². The normalized spacial score (nSPS) is 24.8. The second-order valence-electron chi connectivity index (χ2n) is 6.12. The number of nitrogens with zero attached hydrogens (tertiary/aromatic N) is 3. The van der Waals surface area contributed by atoms with Crippen molar-refractivity contribution < 1.29 is 18.7 Å². The fourth-order valence-electron chi connectivity index (χ4n) is 3.18. The van der Waals surface area contributed by atoms with Crippen LogP contribution in [-0.2, 0) is 4.79 Å². The van der Waals surface area contributed by atoms with Gasteiger partial charge >= 0.3 is 6.09 Å². The van der Waals surface area contributed by atoms with Crippen LogP contribution in [0.4, 0.5) is 9.18 Å². The molecule has 3 rings (SSSR count). The summed E-state index contributed by atoms with van der Waals surface area (Å²) < 4.78 is 19.3. The Hall–Kier alpha value is -1.89. The molecule has 0 spiro atoms. The van der Waals surface area contributed by atoms with Gasteiger partial charge in [0.15, 0.2) is 0 Å². The van der Waals surface area contributed by atoms with Gasteiger partial charge in [-0.2, -0.15) is 0 Å². The van der Waals surface area contributed by atoms with Gasteiger partial charge in [0.05, 0.1) is 17.6 Å². The number of pyridine rings is 1. The van der Waals surface area contributed by atoms with Crippen molar-refractivity contribution in [3.63, 3.8) is 0 Å². The van der Waals surface area contributed by atoms with Gasteiger partial charge in [-0.05, 0) is 18.9 Å². The number of amides is 2. The maximum absolute atomic E-state index is 14.1. The summed E-state index contributed by atoms with van der Waals surface area (Å²) in [5, 5.41) is 0.431. The van der Waals surface area contributed by atoms with Gasteiger partial charge in [0.25, 0.3) is 0 Å². The molecule has 6 nitrogen and oxygen atoms in total. The number of piperidine rings is 2. The third kappa shape index (κ3) is 3.95. The molecule has 0 unspecified atom stereocenters. The van der Waals surface area contributed by atoms with Crippen LogP contribution in [0.2, 0.25) is 5.02 Å². The Labute approximate surface area is 144 Å². The van der Waals surface area contributed by atoms with Crippen LogP contribution in [-0.4, -0.2) is 58.6 Å². The number of likely N-dealkylation sites (tertiary alicyclic amines) is 2. The number of carbonyl (C=O) groups is 2. The van der Waals surface area contributed by atoms with E-state index in [9.17, 15) is 14.0 Å². The van der Waals surface area contributed by atoms with E-state index in [0.717, 1.165) is 12.8 Å². The van der Waals surface area contributed by atoms with Crippen molar-refractivity contribution in [2.24, 2.45) is 0 Å². The number of carbonyl (C=O) groups excluding carboxylic acids is 2. The van der Waals surface area contributed by atoms with Crippen molar-refractivity contribution in [1.82, 2.24) is 14.8 Å². The Balaban J connectivity index is 1.65. The molecular formula is C16H19ClFN3O3. The van der Waals surface area contributed by atoms with Crippen LogP contribution in [0.5, 0.6) is 5.88 Å². The number of hydrogen-bond acceptors (Lipinski definition) is 4. The fraction of sp³-hybridized carbons (Fsp3) is 0.562. The first kappa shape index (κ1) is 17.0. The van der Waals surface area contributed by atoms with Crippen LogP contribution in [0, 0.1) is 0 Å². The molecule has 0 aliphatic carbocycles. The first-order chi connectivity index (χ1) is 11.5. The van der Waals surface area contributed by atoms with Crippen LogP contribution in [0.15, 0.2) is 18.3 Å². The highest BCUT2D eigenvalue weighted by atomic mass is 35.5. The third-order valence-corrected chi connectivity index (χ3v) is 4.55. The second-order valence-corrected chi connectivity index (χ2v) is 6.56. The highest BCUT2D eigenvalue weighted by Gasteiger charge is 2.36. The molecule has 2 fully saturated rings. The first-order valence-corrected chi connectivity index (χ1v) is 8.42. The average Bonchev–Trinajstić information content (AvgIpc) is 2.57. The lowest BCUT2D eigenvalue weighted by Gasteiger charge is -2.41. The van der Waals surface area contributed by atoms with Crippen molar-refractivity contribution in [1.29, 1.82) is 0 Å². The number of rotatable bonds is 2. The molecule has 3 heterocycles. The maximum atomic E-state index is 14.1. The summed E-state index contributed by atoms with van der Waals surface area (Å²) >= 11 is 5.73. The molecule has 130 valence electrons. The Morgan fingerprint density at radius 3 is 2.88 bits per heavy atom. The summed E-state index contributed by atoms with van der Waals surface area (Å²) in [6.45, 7) is 0.862. The molecule has 2 atom stereocenters. The predicted octanol–water partition coefficient (Wildman–Crippen LogP) is 2.66. The highest BCUT2D eigenvalue weighted by molar-refractivity contribution is 6.30. The molecule has 2 aliphatic rings. The van der Waals surface area contributed by atoms with Gasteiger partial charge in [-0.25, -0.2) is 14.2 Å². The van der Waals surface area contributed by atoms with E-state index in [2.05, 4.69) is 4.98 Å². The largest absolute Gasteiger partial charge is 0.416 e. The first-order valence-electron chi connectivity index (χ1n) is 8.05. The fourth-order valence-corrected chi connectivity index (χ4v) is 3.29. The van der Waals surface area contributed by atoms with Gasteiger partial charge in [0.2, 0.25) is 11.8 Å². The highest BCUT2D eigenvalue weighted by Crippen LogP contribution is 2.23. The second kappa shape index (κ2) is 7.34. The van der Waals surface area contributed by atoms with Gasteiger partial charge < -0.3 is 14.5 Å². The predicted molar refractivity (Wildman–Crippen MR) is 85.7 cm³/mol. The topological polar surface area (TPSA) is 62.7 Å². The lowest BCUT2D eigenvalue weighted by atomic mass is 9.99. The van der Waals surface area contributed by atoms with Crippen molar-refractivity contribution in [3.05, 3.63) is 23.4 Å². The summed E-state index contributed by atoms with van der Waals surface area (Å²) in [7, 11) is 0. The molecular weight excluding hydrogens is 337 g/mol. The Kier molecular flexibility index (Phi) is 5.18. The standard InChI is InChI=1S/C16H19ClFN3O3/c17-11-4-5-14(19-8-11)24-16(23)20-9-12(18)7-13(10-20)21-6-2-1-3-15(21)22/h4-5,8,12-13H,1-3,6-7,9-10H2/t12-,13+/m0/s1. The molecule has 8 heteroatoms. The number of ether oxygens (including phenoxy) is 1. The van der Waals surface area contributed by atoms with Crippen LogP contribution in [0.1, 0.15) is 25.7 Å². The Morgan fingerprint density at radius 1 is 1.33 bits per heavy atom. The summed E-state index contributed by atoms with van der Waals surface area (Å²) in [6.07, 6.45) is 2.06. The number of hydrogen-bond donors (Lipinski definition) is 0. The average molecular weight is 356 g/mol. The van der Waals surface area contributed by atoms with Gasteiger partial charge in [0, 0.05) is 38.2 Å². The minimum Gasteiger partial charge on any atom is -0.391 e. The monoisotopic (exact) mass is 355 g/mol. The smallest absolute Gasteiger partial charge is 0.391 e. The van der Waals surface area contributed by atoms with Crippen molar-refractivity contribution in [2.75, 3.05) is 19.6 Å². The van der Waals surface area contributed by atoms with E-state index in [1.165, 1.54) is 17.2 Å². The van der Waals surface area contributed by atoms with Gasteiger partial charge in [-0.1, -0.05) is 11.6 Å². The molecule has 0 aromatic carbocycles. The van der Waals surface area contributed by atoms with E-state index in [0.29, 0.717) is 18.0 Å². The molecule has 1 aromatic rings. The maximum Gasteiger partial charge on any atom is 0.416 e. The van der Waals surface area contributed by atoms with Gasteiger partial charge in [0.1, 0.15) is 6.17 Å². The SMILES string of the molecule is O=C(Oc1ccc(Cl)cn1)N1C[C@@H](F)C[C@@H](N2CCCCC2=O)C1. The molecule has 0 saturated carbocycles. The summed E-state index contributed by atoms with van der Waals surface area (Å²) in [5.74, 6) is 0.143. The quantitative estimate of drug-likeness (QED) is 0.818. The Bertz CT molecular complexity index is 613. The summed E-state index contributed by atoms with van der Waals surface area (Å²) in [5.41, 5.74) is 0. The molecule has 0 N–H and O–H groups in total. The lowest BCUT2D eigenvalue weighted by Crippen LogP contribution is -2.56. The van der Waals surface area contributed by atoms with Gasteiger partial charge in [-0.3, -0.25) is 4.79 Å². The number of aromatic nitrogens is 1. The molecule has 24 heavy (non-hydrogen) atoms. The summed E-state index contributed by atoms with van der Waals surface area (Å²) in [6, 6.07) is 2.73. The molecule has 2 saturated heterocycles. The van der Waals surface area contributed by atoms with E-state index in [1.807, 2.05) is 0 Å². The molecule has 0 radical (unpaired) electrons. The van der Waals surface area contributed by atoms with Crippen LogP contribution >= 0.6 is 11.6 Å². The Morgan fingerprint density at radius 2 is 2.17 bits per heavy atom. The third-order valence-electron chi connectivity index (χ3n) is 4.33. The van der Waals surface area contributed by atoms with Crippen LogP contribution in [0.25, 0.3) is 0 Å². The zero-order valence-electron chi connectivity index (χ0n) is 13.2. The van der Waals surface area contributed by atoms with E-state index >= 15 is 0 Å². The molecule has 0 bridgehead atoms. The van der Waals surface area contributed by atoms with E-state index < -0.39 is 12.3 Å². The molecule has 1 aromatic heterocycles. The zero-order chi connectivity index (χ0) is 17.1. The van der Waals surface area contributed by atoms with Crippen molar-refractivity contribution in [2.45, 2.75) is 37.9 Å². The van der Waals surface area contributed by atoms with Crippen molar-refractivity contribution >= 4 is 23.6 Å². The van der Waals surface area contributed by atoms with Crippen LogP contribution in [0.3, 0.4) is 0 Å². The molecule has 2 amide bonds. The molecule has 2 aliphatic heterocycles. The van der Waals surface area contributed by atoms with E-state index in [4.69, 9.17) is 16.3 Å². The van der Waals surface area contributed by atoms with Gasteiger partial charge in [-0.15, -0.1) is 0 Å². The minimum absolute atomic E-state index is 0.0352. The number of halogens is 2. The van der Waals surface area contributed by atoms with Crippen LogP contribution < -0.4 is 4.74 Å². The van der Waals surface area contributed by atoms with Crippen molar-refractivity contribution in [3.8, 4) is 5.88 Å². The zero-order valence-corrected chi connectivity index (χ0v) is 13.9. The lowest BCUT2D eigenvalue weighted by molar-refractivity contribution is -0.137. The number of alkyl halides is 1. The minimum atomic E-state index is -1.18.